The minimum atomic E-state index is -1.21. The molecule has 1 saturated heterocycles. The van der Waals surface area contributed by atoms with Crippen LogP contribution in [0.2, 0.25) is 0 Å². The van der Waals surface area contributed by atoms with E-state index in [9.17, 15) is 9.90 Å². The van der Waals surface area contributed by atoms with Gasteiger partial charge in [0.15, 0.2) is 0 Å². The lowest BCUT2D eigenvalue weighted by Crippen LogP contribution is -2.38. The molecule has 1 amide bonds. The van der Waals surface area contributed by atoms with Gasteiger partial charge in [0.05, 0.1) is 11.5 Å². The molecular formula is C12H20N2O3. The Balaban J connectivity index is 2.37. The molecule has 5 nitrogen and oxygen atoms in total. The van der Waals surface area contributed by atoms with Crippen LogP contribution in [0.4, 0.5) is 4.79 Å². The summed E-state index contributed by atoms with van der Waals surface area (Å²) in [5.74, 6) is 0. The first-order valence-corrected chi connectivity index (χ1v) is 5.99. The fourth-order valence-corrected chi connectivity index (χ4v) is 1.79. The molecule has 17 heavy (non-hydrogen) atoms. The molecule has 1 rings (SSSR count). The van der Waals surface area contributed by atoms with Crippen molar-refractivity contribution >= 4 is 6.09 Å². The fraction of sp³-hybridized carbons (Fsp3) is 0.833. The van der Waals surface area contributed by atoms with Crippen LogP contribution >= 0.6 is 0 Å². The normalized spacial score (nSPS) is 18.4. The Morgan fingerprint density at radius 2 is 2.06 bits per heavy atom. The van der Waals surface area contributed by atoms with E-state index in [1.165, 1.54) is 0 Å². The smallest absolute Gasteiger partial charge is 0.412 e. The van der Waals surface area contributed by atoms with Gasteiger partial charge < -0.3 is 14.7 Å². The fourth-order valence-electron chi connectivity index (χ4n) is 1.79. The topological polar surface area (TPSA) is 73.6 Å². The van der Waals surface area contributed by atoms with Gasteiger partial charge in [0.2, 0.25) is 6.29 Å². The molecule has 0 radical (unpaired) electrons. The van der Waals surface area contributed by atoms with Crippen LogP contribution < -0.4 is 0 Å². The molecule has 1 unspecified atom stereocenters. The van der Waals surface area contributed by atoms with Gasteiger partial charge in [-0.05, 0) is 33.1 Å². The molecule has 0 aromatic heterocycles. The Labute approximate surface area is 102 Å². The molecule has 0 bridgehead atoms. The predicted octanol–water partition coefficient (Wildman–Crippen LogP) is 1.87. The third kappa shape index (κ3) is 4.61. The lowest BCUT2D eigenvalue weighted by atomic mass is 9.91. The highest BCUT2D eigenvalue weighted by Crippen LogP contribution is 2.22. The molecule has 1 N–H and O–H groups in total. The lowest BCUT2D eigenvalue weighted by Gasteiger charge is -2.28. The van der Waals surface area contributed by atoms with E-state index in [1.54, 1.807) is 18.7 Å². The van der Waals surface area contributed by atoms with Crippen LogP contribution in [0.5, 0.6) is 0 Å². The molecule has 1 atom stereocenters. The van der Waals surface area contributed by atoms with Crippen LogP contribution in [0.1, 0.15) is 39.5 Å². The highest BCUT2D eigenvalue weighted by atomic mass is 16.6. The molecule has 0 aliphatic carbocycles. The monoisotopic (exact) mass is 240 g/mol. The van der Waals surface area contributed by atoms with Crippen molar-refractivity contribution in [3.05, 3.63) is 0 Å². The maximum atomic E-state index is 11.6. The average Bonchev–Trinajstić information content (AvgIpc) is 2.29. The van der Waals surface area contributed by atoms with Gasteiger partial charge in [-0.15, -0.1) is 0 Å². The van der Waals surface area contributed by atoms with Crippen molar-refractivity contribution in [3.63, 3.8) is 0 Å². The van der Waals surface area contributed by atoms with E-state index in [0.29, 0.717) is 13.1 Å². The van der Waals surface area contributed by atoms with E-state index in [-0.39, 0.29) is 6.42 Å². The number of hydrogen-bond donors (Lipinski definition) is 1. The van der Waals surface area contributed by atoms with Crippen LogP contribution in [0.25, 0.3) is 0 Å². The quantitative estimate of drug-likeness (QED) is 0.764. The zero-order valence-electron chi connectivity index (χ0n) is 10.5. The second-order valence-corrected chi connectivity index (χ2v) is 5.09. The molecule has 0 aromatic rings. The van der Waals surface area contributed by atoms with Crippen molar-refractivity contribution in [1.82, 2.24) is 4.90 Å². The van der Waals surface area contributed by atoms with Gasteiger partial charge in [-0.25, -0.2) is 4.79 Å². The van der Waals surface area contributed by atoms with Crippen LogP contribution in [0, 0.1) is 16.7 Å². The standard InChI is InChI=1S/C12H20N2O3/c1-12(2,9-13)8-10(15)17-11(16)14-6-4-3-5-7-14/h10,15H,3-8H2,1-2H3. The number of nitriles is 1. The Kier molecular flexibility index (Phi) is 4.76. The summed E-state index contributed by atoms with van der Waals surface area (Å²) in [5.41, 5.74) is -0.693. The summed E-state index contributed by atoms with van der Waals surface area (Å²) in [7, 11) is 0. The highest BCUT2D eigenvalue weighted by molar-refractivity contribution is 5.67. The SMILES string of the molecule is CC(C)(C#N)CC(O)OC(=O)N1CCCCC1. The first-order valence-electron chi connectivity index (χ1n) is 5.99. The number of nitrogens with zero attached hydrogens (tertiary/aromatic N) is 2. The summed E-state index contributed by atoms with van der Waals surface area (Å²) >= 11 is 0. The number of aliphatic hydroxyl groups excluding tert-OH is 1. The van der Waals surface area contributed by atoms with E-state index in [2.05, 4.69) is 6.07 Å². The van der Waals surface area contributed by atoms with Gasteiger partial charge in [0, 0.05) is 19.5 Å². The van der Waals surface area contributed by atoms with Gasteiger partial charge in [0.1, 0.15) is 0 Å². The Morgan fingerprint density at radius 1 is 1.47 bits per heavy atom. The Bertz CT molecular complexity index is 303. The predicted molar refractivity (Wildman–Crippen MR) is 61.9 cm³/mol. The van der Waals surface area contributed by atoms with Crippen molar-refractivity contribution in [2.75, 3.05) is 13.1 Å². The summed E-state index contributed by atoms with van der Waals surface area (Å²) in [5, 5.41) is 18.4. The molecule has 1 fully saturated rings. The zero-order valence-corrected chi connectivity index (χ0v) is 10.5. The number of aliphatic hydroxyl groups is 1. The number of ether oxygens (including phenoxy) is 1. The second kappa shape index (κ2) is 5.87. The maximum Gasteiger partial charge on any atom is 0.412 e. The van der Waals surface area contributed by atoms with Crippen molar-refractivity contribution in [2.24, 2.45) is 5.41 Å². The van der Waals surface area contributed by atoms with Crippen molar-refractivity contribution in [3.8, 4) is 6.07 Å². The van der Waals surface area contributed by atoms with E-state index in [0.717, 1.165) is 19.3 Å². The van der Waals surface area contributed by atoms with E-state index in [4.69, 9.17) is 10.00 Å². The molecule has 0 saturated carbocycles. The number of carbonyl (C=O) groups is 1. The number of carbonyl (C=O) groups excluding carboxylic acids is 1. The van der Waals surface area contributed by atoms with Crippen molar-refractivity contribution in [2.45, 2.75) is 45.8 Å². The third-order valence-electron chi connectivity index (χ3n) is 2.84. The molecule has 1 aliphatic rings. The Morgan fingerprint density at radius 3 is 2.59 bits per heavy atom. The molecule has 1 heterocycles. The van der Waals surface area contributed by atoms with Crippen molar-refractivity contribution < 1.29 is 14.6 Å². The first kappa shape index (κ1) is 13.8. The Hall–Kier alpha value is -1.28. The minimum absolute atomic E-state index is 0.128. The third-order valence-corrected chi connectivity index (χ3v) is 2.84. The molecule has 0 aromatic carbocycles. The summed E-state index contributed by atoms with van der Waals surface area (Å²) in [6.45, 7) is 4.77. The first-order chi connectivity index (χ1) is 7.94. The maximum absolute atomic E-state index is 11.6. The number of likely N-dealkylation sites (tertiary alicyclic amines) is 1. The highest BCUT2D eigenvalue weighted by Gasteiger charge is 2.26. The summed E-state index contributed by atoms with van der Waals surface area (Å²) in [6.07, 6.45) is 1.53. The van der Waals surface area contributed by atoms with Gasteiger partial charge in [-0.2, -0.15) is 5.26 Å². The number of amides is 1. The number of hydrogen-bond acceptors (Lipinski definition) is 4. The summed E-state index contributed by atoms with van der Waals surface area (Å²) in [4.78, 5) is 13.2. The van der Waals surface area contributed by atoms with E-state index >= 15 is 0 Å². The van der Waals surface area contributed by atoms with Gasteiger partial charge in [0.25, 0.3) is 0 Å². The summed E-state index contributed by atoms with van der Waals surface area (Å²) in [6, 6.07) is 2.06. The summed E-state index contributed by atoms with van der Waals surface area (Å²) < 4.78 is 4.92. The van der Waals surface area contributed by atoms with E-state index in [1.807, 2.05) is 0 Å². The van der Waals surface area contributed by atoms with E-state index < -0.39 is 17.8 Å². The number of rotatable bonds is 3. The molecule has 5 heteroatoms. The van der Waals surface area contributed by atoms with Crippen LogP contribution in [0.3, 0.4) is 0 Å². The molecule has 0 spiro atoms. The molecular weight excluding hydrogens is 220 g/mol. The van der Waals surface area contributed by atoms with Crippen LogP contribution in [-0.2, 0) is 4.74 Å². The minimum Gasteiger partial charge on any atom is -0.420 e. The molecule has 96 valence electrons. The average molecular weight is 240 g/mol. The molecule has 1 aliphatic heterocycles. The van der Waals surface area contributed by atoms with Crippen LogP contribution in [-0.4, -0.2) is 35.5 Å². The van der Waals surface area contributed by atoms with Crippen molar-refractivity contribution in [1.29, 1.82) is 5.26 Å². The lowest BCUT2D eigenvalue weighted by molar-refractivity contribution is -0.0811. The second-order valence-electron chi connectivity index (χ2n) is 5.09. The van der Waals surface area contributed by atoms with Crippen LogP contribution in [0.15, 0.2) is 0 Å². The van der Waals surface area contributed by atoms with Gasteiger partial charge >= 0.3 is 6.09 Å². The number of piperidine rings is 1. The largest absolute Gasteiger partial charge is 0.420 e. The zero-order chi connectivity index (χ0) is 12.9. The van der Waals surface area contributed by atoms with Gasteiger partial charge in [-0.1, -0.05) is 0 Å². The van der Waals surface area contributed by atoms with Gasteiger partial charge in [-0.3, -0.25) is 0 Å².